The van der Waals surface area contributed by atoms with Crippen molar-refractivity contribution in [2.75, 3.05) is 11.1 Å². The predicted octanol–water partition coefficient (Wildman–Crippen LogP) is 3.12. The van der Waals surface area contributed by atoms with Gasteiger partial charge in [-0.1, -0.05) is 35.9 Å². The number of nitrogens with two attached hydrogens (primary N) is 1. The summed E-state index contributed by atoms with van der Waals surface area (Å²) in [6, 6.07) is 12.5. The molecular formula is C15H11ClN4O. The molecule has 3 N–H and O–H groups in total. The van der Waals surface area contributed by atoms with Crippen molar-refractivity contribution in [2.45, 2.75) is 0 Å². The van der Waals surface area contributed by atoms with E-state index in [2.05, 4.69) is 15.3 Å². The molecule has 5 nitrogen and oxygen atoms in total. The minimum Gasteiger partial charge on any atom is -0.383 e. The highest BCUT2D eigenvalue weighted by Crippen LogP contribution is 2.22. The van der Waals surface area contributed by atoms with Crippen LogP contribution in [-0.2, 0) is 0 Å². The number of aromatic nitrogens is 2. The molecule has 0 radical (unpaired) electrons. The molecule has 6 heteroatoms. The second-order valence-electron chi connectivity index (χ2n) is 4.40. The zero-order chi connectivity index (χ0) is 14.8. The van der Waals surface area contributed by atoms with E-state index in [1.54, 1.807) is 24.4 Å². The van der Waals surface area contributed by atoms with Gasteiger partial charge in [0.05, 0.1) is 5.02 Å². The average molecular weight is 299 g/mol. The zero-order valence-electron chi connectivity index (χ0n) is 10.9. The van der Waals surface area contributed by atoms with E-state index in [0.717, 1.165) is 10.8 Å². The number of amides is 1. The Morgan fingerprint density at radius 2 is 2.00 bits per heavy atom. The molecular weight excluding hydrogens is 288 g/mol. The number of anilines is 2. The highest BCUT2D eigenvalue weighted by Gasteiger charge is 2.13. The third kappa shape index (κ3) is 2.64. The highest BCUT2D eigenvalue weighted by molar-refractivity contribution is 6.33. The van der Waals surface area contributed by atoms with Crippen molar-refractivity contribution in [3.8, 4) is 0 Å². The fourth-order valence-electron chi connectivity index (χ4n) is 1.99. The Bertz CT molecular complexity index is 835. The van der Waals surface area contributed by atoms with Gasteiger partial charge >= 0.3 is 0 Å². The van der Waals surface area contributed by atoms with E-state index in [0.29, 0.717) is 10.8 Å². The van der Waals surface area contributed by atoms with Crippen molar-refractivity contribution < 1.29 is 4.79 Å². The largest absolute Gasteiger partial charge is 0.383 e. The van der Waals surface area contributed by atoms with Gasteiger partial charge in [-0.15, -0.1) is 0 Å². The number of nitrogens with zero attached hydrogens (tertiary/aromatic N) is 2. The first-order valence-electron chi connectivity index (χ1n) is 6.22. The fraction of sp³-hybridized carbons (Fsp3) is 0. The summed E-state index contributed by atoms with van der Waals surface area (Å²) in [7, 11) is 0. The standard InChI is InChI=1S/C15H11ClN4O/c16-11-6-3-7-18-14(11)20-15(21)12-8-9-4-1-2-5-10(9)13(17)19-12/h1-8H,(H2,17,19)(H,18,20,21). The van der Waals surface area contributed by atoms with Crippen LogP contribution in [0.2, 0.25) is 5.02 Å². The number of nitrogen functional groups attached to an aromatic ring is 1. The average Bonchev–Trinajstić information content (AvgIpc) is 2.49. The van der Waals surface area contributed by atoms with Crippen LogP contribution in [0.5, 0.6) is 0 Å². The van der Waals surface area contributed by atoms with Gasteiger partial charge in [0.1, 0.15) is 11.5 Å². The van der Waals surface area contributed by atoms with Gasteiger partial charge in [-0.3, -0.25) is 4.79 Å². The van der Waals surface area contributed by atoms with Gasteiger partial charge < -0.3 is 11.1 Å². The van der Waals surface area contributed by atoms with Crippen LogP contribution in [0.1, 0.15) is 10.5 Å². The number of halogens is 1. The Hall–Kier alpha value is -2.66. The van der Waals surface area contributed by atoms with Gasteiger partial charge in [-0.05, 0) is 23.6 Å². The molecule has 2 heterocycles. The summed E-state index contributed by atoms with van der Waals surface area (Å²) in [5.74, 6) is 0.191. The zero-order valence-corrected chi connectivity index (χ0v) is 11.6. The topological polar surface area (TPSA) is 80.9 Å². The molecule has 0 saturated heterocycles. The molecule has 2 aromatic heterocycles. The van der Waals surface area contributed by atoms with Crippen LogP contribution in [-0.4, -0.2) is 15.9 Å². The second kappa shape index (κ2) is 5.38. The van der Waals surface area contributed by atoms with Crippen molar-refractivity contribution in [3.63, 3.8) is 0 Å². The van der Waals surface area contributed by atoms with Crippen LogP contribution in [0.25, 0.3) is 10.8 Å². The monoisotopic (exact) mass is 298 g/mol. The van der Waals surface area contributed by atoms with Gasteiger partial charge in [0.2, 0.25) is 0 Å². The first-order chi connectivity index (χ1) is 10.1. The molecule has 0 saturated carbocycles. The molecule has 0 aliphatic carbocycles. The minimum absolute atomic E-state index is 0.216. The summed E-state index contributed by atoms with van der Waals surface area (Å²) < 4.78 is 0. The number of fused-ring (bicyclic) bond motifs is 1. The number of rotatable bonds is 2. The quantitative estimate of drug-likeness (QED) is 0.761. The maximum absolute atomic E-state index is 12.2. The van der Waals surface area contributed by atoms with Crippen LogP contribution in [0.4, 0.5) is 11.6 Å². The summed E-state index contributed by atoms with van der Waals surface area (Å²) in [5.41, 5.74) is 6.10. The minimum atomic E-state index is -0.409. The van der Waals surface area contributed by atoms with Crippen LogP contribution in [0.3, 0.4) is 0 Å². The van der Waals surface area contributed by atoms with Gasteiger partial charge in [0.15, 0.2) is 5.82 Å². The summed E-state index contributed by atoms with van der Waals surface area (Å²) in [5, 5.41) is 4.64. The number of carbonyl (C=O) groups is 1. The summed E-state index contributed by atoms with van der Waals surface area (Å²) in [4.78, 5) is 20.4. The third-order valence-corrected chi connectivity index (χ3v) is 3.30. The highest BCUT2D eigenvalue weighted by atomic mass is 35.5. The number of nitrogens with one attached hydrogen (secondary N) is 1. The van der Waals surface area contributed by atoms with Crippen LogP contribution >= 0.6 is 11.6 Å². The van der Waals surface area contributed by atoms with Gasteiger partial charge in [-0.2, -0.15) is 0 Å². The third-order valence-electron chi connectivity index (χ3n) is 2.99. The number of hydrogen-bond acceptors (Lipinski definition) is 4. The normalized spacial score (nSPS) is 10.5. The van der Waals surface area contributed by atoms with Crippen LogP contribution in [0.15, 0.2) is 48.7 Å². The molecule has 0 atom stereocenters. The Balaban J connectivity index is 1.97. The predicted molar refractivity (Wildman–Crippen MR) is 83.4 cm³/mol. The molecule has 0 unspecified atom stereocenters. The first kappa shape index (κ1) is 13.3. The molecule has 0 aliphatic rings. The van der Waals surface area contributed by atoms with Crippen molar-refractivity contribution in [2.24, 2.45) is 0 Å². The number of carbonyl (C=O) groups excluding carboxylic acids is 1. The lowest BCUT2D eigenvalue weighted by Crippen LogP contribution is -2.15. The summed E-state index contributed by atoms with van der Waals surface area (Å²) >= 11 is 5.96. The van der Waals surface area contributed by atoms with Gasteiger partial charge in [-0.25, -0.2) is 9.97 Å². The molecule has 0 fully saturated rings. The molecule has 21 heavy (non-hydrogen) atoms. The lowest BCUT2D eigenvalue weighted by atomic mass is 10.1. The number of benzene rings is 1. The smallest absolute Gasteiger partial charge is 0.275 e. The van der Waals surface area contributed by atoms with Gasteiger partial charge in [0, 0.05) is 11.6 Å². The maximum Gasteiger partial charge on any atom is 0.275 e. The molecule has 1 amide bonds. The van der Waals surface area contributed by atoms with Crippen molar-refractivity contribution in [1.29, 1.82) is 0 Å². The molecule has 3 rings (SSSR count). The molecule has 3 aromatic rings. The van der Waals surface area contributed by atoms with E-state index in [4.69, 9.17) is 17.3 Å². The lowest BCUT2D eigenvalue weighted by molar-refractivity contribution is 0.102. The molecule has 0 bridgehead atoms. The summed E-state index contributed by atoms with van der Waals surface area (Å²) in [6.45, 7) is 0. The Kier molecular flexibility index (Phi) is 3.41. The van der Waals surface area contributed by atoms with E-state index < -0.39 is 5.91 Å². The van der Waals surface area contributed by atoms with E-state index in [-0.39, 0.29) is 11.5 Å². The first-order valence-corrected chi connectivity index (χ1v) is 6.60. The molecule has 1 aromatic carbocycles. The Labute approximate surface area is 125 Å². The van der Waals surface area contributed by atoms with Crippen molar-refractivity contribution >= 4 is 39.9 Å². The van der Waals surface area contributed by atoms with E-state index in [1.807, 2.05) is 24.3 Å². The molecule has 0 spiro atoms. The van der Waals surface area contributed by atoms with Crippen LogP contribution in [0, 0.1) is 0 Å². The number of hydrogen-bond donors (Lipinski definition) is 2. The fourth-order valence-corrected chi connectivity index (χ4v) is 2.16. The second-order valence-corrected chi connectivity index (χ2v) is 4.81. The van der Waals surface area contributed by atoms with E-state index in [9.17, 15) is 4.79 Å². The maximum atomic E-state index is 12.2. The van der Waals surface area contributed by atoms with Crippen molar-refractivity contribution in [3.05, 3.63) is 59.4 Å². The van der Waals surface area contributed by atoms with E-state index in [1.165, 1.54) is 0 Å². The Morgan fingerprint density at radius 3 is 2.81 bits per heavy atom. The Morgan fingerprint density at radius 1 is 1.19 bits per heavy atom. The summed E-state index contributed by atoms with van der Waals surface area (Å²) in [6.07, 6.45) is 1.55. The SMILES string of the molecule is Nc1nc(C(=O)Nc2ncccc2Cl)cc2ccccc12. The molecule has 0 aliphatic heterocycles. The van der Waals surface area contributed by atoms with Crippen molar-refractivity contribution in [1.82, 2.24) is 9.97 Å². The van der Waals surface area contributed by atoms with E-state index >= 15 is 0 Å². The molecule has 104 valence electrons. The van der Waals surface area contributed by atoms with Crippen LogP contribution < -0.4 is 11.1 Å². The van der Waals surface area contributed by atoms with Gasteiger partial charge in [0.25, 0.3) is 5.91 Å². The number of pyridine rings is 2. The lowest BCUT2D eigenvalue weighted by Gasteiger charge is -2.07.